The van der Waals surface area contributed by atoms with Crippen molar-refractivity contribution in [3.05, 3.63) is 75.0 Å². The largest absolute Gasteiger partial charge is 0.326 e. The Kier molecular flexibility index (Phi) is 5.53. The summed E-state index contributed by atoms with van der Waals surface area (Å²) in [7, 11) is 1.92. The summed E-state index contributed by atoms with van der Waals surface area (Å²) in [5, 5.41) is 13.6. The van der Waals surface area contributed by atoms with Gasteiger partial charge in [0.15, 0.2) is 4.80 Å². The molecule has 0 fully saturated rings. The number of rotatable bonds is 4. The van der Waals surface area contributed by atoms with E-state index in [2.05, 4.69) is 24.4 Å². The number of aromatic nitrogens is 1. The zero-order valence-corrected chi connectivity index (χ0v) is 16.3. The summed E-state index contributed by atoms with van der Waals surface area (Å²) in [6.07, 6.45) is 0.259. The monoisotopic (exact) mass is 376 g/mol. The molecule has 2 aromatic carbocycles. The van der Waals surface area contributed by atoms with Crippen LogP contribution in [0.25, 0.3) is 0 Å². The number of anilines is 1. The first-order valence-corrected chi connectivity index (χ1v) is 9.39. The summed E-state index contributed by atoms with van der Waals surface area (Å²) >= 11 is 1.52. The molecule has 6 heteroatoms. The molecule has 1 heterocycles. The maximum absolute atomic E-state index is 12.3. The van der Waals surface area contributed by atoms with Gasteiger partial charge in [-0.05, 0) is 49.7 Å². The first-order valence-electron chi connectivity index (χ1n) is 8.51. The Hall–Kier alpha value is -3.17. The topological polar surface area (TPSA) is 70.2 Å². The number of nitriles is 1. The molecule has 0 saturated heterocycles. The van der Waals surface area contributed by atoms with Gasteiger partial charge in [-0.2, -0.15) is 5.26 Å². The normalized spacial score (nSPS) is 11.3. The van der Waals surface area contributed by atoms with Crippen LogP contribution in [0.5, 0.6) is 0 Å². The molecule has 0 saturated carbocycles. The van der Waals surface area contributed by atoms with Gasteiger partial charge in [0.05, 0.1) is 23.7 Å². The number of carbonyl (C=O) groups is 1. The molecule has 5 nitrogen and oxygen atoms in total. The number of nitrogens with zero attached hydrogens (tertiary/aromatic N) is 3. The van der Waals surface area contributed by atoms with Crippen LogP contribution in [0, 0.1) is 25.2 Å². The van der Waals surface area contributed by atoms with Crippen molar-refractivity contribution in [2.45, 2.75) is 20.3 Å². The third-order valence-corrected chi connectivity index (χ3v) is 5.19. The molecule has 0 atom stereocenters. The maximum Gasteiger partial charge on any atom is 0.230 e. The van der Waals surface area contributed by atoms with E-state index in [1.165, 1.54) is 16.9 Å². The molecule has 3 aromatic rings. The van der Waals surface area contributed by atoms with Gasteiger partial charge in [0.1, 0.15) is 0 Å². The maximum atomic E-state index is 12.3. The van der Waals surface area contributed by atoms with Gasteiger partial charge in [0, 0.05) is 23.8 Å². The molecule has 3 rings (SSSR count). The highest BCUT2D eigenvalue weighted by atomic mass is 32.1. The number of benzene rings is 2. The summed E-state index contributed by atoms with van der Waals surface area (Å²) in [6, 6.07) is 15.0. The minimum absolute atomic E-state index is 0.105. The highest BCUT2D eigenvalue weighted by molar-refractivity contribution is 7.07. The van der Waals surface area contributed by atoms with E-state index < -0.39 is 0 Å². The van der Waals surface area contributed by atoms with Gasteiger partial charge in [-0.1, -0.05) is 17.7 Å². The molecule has 0 bridgehead atoms. The third kappa shape index (κ3) is 4.52. The minimum atomic E-state index is -0.105. The Morgan fingerprint density at radius 2 is 1.96 bits per heavy atom. The van der Waals surface area contributed by atoms with Crippen LogP contribution in [-0.4, -0.2) is 10.5 Å². The Bertz CT molecular complexity index is 1080. The fourth-order valence-corrected chi connectivity index (χ4v) is 3.60. The van der Waals surface area contributed by atoms with Crippen LogP contribution >= 0.6 is 11.3 Å². The Balaban J connectivity index is 1.75. The molecule has 27 heavy (non-hydrogen) atoms. The molecule has 0 aliphatic carbocycles. The van der Waals surface area contributed by atoms with E-state index in [9.17, 15) is 4.79 Å². The van der Waals surface area contributed by atoms with Crippen molar-refractivity contribution < 1.29 is 4.79 Å². The molecule has 0 unspecified atom stereocenters. The summed E-state index contributed by atoms with van der Waals surface area (Å²) in [5.74, 6) is -0.105. The molecule has 136 valence electrons. The van der Waals surface area contributed by atoms with Crippen LogP contribution in [0.15, 0.2) is 52.8 Å². The van der Waals surface area contributed by atoms with E-state index in [0.717, 1.165) is 21.7 Å². The van der Waals surface area contributed by atoms with Gasteiger partial charge < -0.3 is 9.88 Å². The van der Waals surface area contributed by atoms with Crippen LogP contribution in [0.2, 0.25) is 0 Å². The number of nitrogens with one attached hydrogen (secondary N) is 1. The predicted molar refractivity (Wildman–Crippen MR) is 108 cm³/mol. The standard InChI is InChI=1S/C21H20N4OS/c1-14-4-9-19(15(2)10-14)24-21-25(3)18(13-27-21)11-20(26)23-17-7-5-16(12-22)6-8-17/h4-10,13H,11H2,1-3H3,(H,23,26). The molecule has 0 radical (unpaired) electrons. The summed E-state index contributed by atoms with van der Waals surface area (Å²) in [5.41, 5.74) is 5.42. The zero-order valence-electron chi connectivity index (χ0n) is 15.5. The SMILES string of the molecule is Cc1ccc(N=c2scc(CC(=O)Nc3ccc(C#N)cc3)n2C)c(C)c1. The Morgan fingerprint density at radius 1 is 1.22 bits per heavy atom. The average molecular weight is 376 g/mol. The van der Waals surface area contributed by atoms with Gasteiger partial charge in [-0.15, -0.1) is 11.3 Å². The van der Waals surface area contributed by atoms with Gasteiger partial charge >= 0.3 is 0 Å². The Morgan fingerprint density at radius 3 is 2.63 bits per heavy atom. The fraction of sp³-hybridized carbons (Fsp3) is 0.190. The number of thiazole rings is 1. The molecular formula is C21H20N4OS. The number of aryl methyl sites for hydroxylation is 2. The quantitative estimate of drug-likeness (QED) is 0.748. The van der Waals surface area contributed by atoms with Crippen LogP contribution in [0.4, 0.5) is 11.4 Å². The second-order valence-electron chi connectivity index (χ2n) is 6.38. The van der Waals surface area contributed by atoms with Crippen molar-refractivity contribution in [1.82, 2.24) is 4.57 Å². The summed E-state index contributed by atoms with van der Waals surface area (Å²) in [4.78, 5) is 17.9. The van der Waals surface area contributed by atoms with Crippen molar-refractivity contribution in [3.8, 4) is 6.07 Å². The minimum Gasteiger partial charge on any atom is -0.326 e. The van der Waals surface area contributed by atoms with Gasteiger partial charge in [0.25, 0.3) is 0 Å². The second kappa shape index (κ2) is 8.02. The van der Waals surface area contributed by atoms with E-state index >= 15 is 0 Å². The summed E-state index contributed by atoms with van der Waals surface area (Å²) in [6.45, 7) is 4.11. The third-order valence-electron chi connectivity index (χ3n) is 4.23. The lowest BCUT2D eigenvalue weighted by molar-refractivity contribution is -0.115. The van der Waals surface area contributed by atoms with Crippen LogP contribution < -0.4 is 10.1 Å². The number of hydrogen-bond donors (Lipinski definition) is 1. The lowest BCUT2D eigenvalue weighted by Gasteiger charge is -2.06. The van der Waals surface area contributed by atoms with E-state index in [-0.39, 0.29) is 12.3 Å². The Labute approximate surface area is 162 Å². The van der Waals surface area contributed by atoms with Crippen molar-refractivity contribution >= 4 is 28.6 Å². The van der Waals surface area contributed by atoms with Crippen molar-refractivity contribution in [3.63, 3.8) is 0 Å². The van der Waals surface area contributed by atoms with Gasteiger partial charge in [-0.25, -0.2) is 4.99 Å². The smallest absolute Gasteiger partial charge is 0.230 e. The number of hydrogen-bond acceptors (Lipinski definition) is 4. The first kappa shape index (κ1) is 18.6. The van der Waals surface area contributed by atoms with E-state index in [1.54, 1.807) is 24.3 Å². The summed E-state index contributed by atoms with van der Waals surface area (Å²) < 4.78 is 1.95. The van der Waals surface area contributed by atoms with E-state index in [0.29, 0.717) is 11.3 Å². The first-order chi connectivity index (χ1) is 13.0. The highest BCUT2D eigenvalue weighted by Crippen LogP contribution is 2.19. The van der Waals surface area contributed by atoms with Crippen LogP contribution in [0.3, 0.4) is 0 Å². The van der Waals surface area contributed by atoms with E-state index in [4.69, 9.17) is 10.3 Å². The second-order valence-corrected chi connectivity index (χ2v) is 7.22. The van der Waals surface area contributed by atoms with Crippen LogP contribution in [-0.2, 0) is 18.3 Å². The molecule has 0 aliphatic heterocycles. The molecule has 1 amide bonds. The molecule has 0 spiro atoms. The lowest BCUT2D eigenvalue weighted by atomic mass is 10.1. The molecule has 1 aromatic heterocycles. The lowest BCUT2D eigenvalue weighted by Crippen LogP contribution is -2.19. The zero-order chi connectivity index (χ0) is 19.4. The highest BCUT2D eigenvalue weighted by Gasteiger charge is 2.09. The predicted octanol–water partition coefficient (Wildman–Crippen LogP) is 3.99. The van der Waals surface area contributed by atoms with Crippen molar-refractivity contribution in [2.75, 3.05) is 5.32 Å². The van der Waals surface area contributed by atoms with Gasteiger partial charge in [-0.3, -0.25) is 4.79 Å². The molecular weight excluding hydrogens is 356 g/mol. The van der Waals surface area contributed by atoms with E-state index in [1.807, 2.05) is 36.1 Å². The van der Waals surface area contributed by atoms with Crippen molar-refractivity contribution in [2.24, 2.45) is 12.0 Å². The average Bonchev–Trinajstić information content (AvgIpc) is 2.98. The molecule has 0 aliphatic rings. The van der Waals surface area contributed by atoms with Gasteiger partial charge in [0.2, 0.25) is 5.91 Å². The van der Waals surface area contributed by atoms with Crippen molar-refractivity contribution in [1.29, 1.82) is 5.26 Å². The number of amides is 1. The molecule has 1 N–H and O–H groups in total. The van der Waals surface area contributed by atoms with Crippen LogP contribution in [0.1, 0.15) is 22.4 Å². The fourth-order valence-electron chi connectivity index (χ4n) is 2.69. The number of carbonyl (C=O) groups excluding carboxylic acids is 1.